The van der Waals surface area contributed by atoms with Crippen LogP contribution < -0.4 is 10.6 Å². The standard InChI is InChI=1S/C11H23NO3.C11H21NO3/c2*1-8(2)6-9(7-13)12-10(14)15-11(3,4)5/h8-9,13H,6-7H2,1-5H3,(H,12,14);7-9H,6H2,1-5H3,(H,12,14). The minimum Gasteiger partial charge on any atom is -0.444 e. The molecule has 0 saturated heterocycles. The van der Waals surface area contributed by atoms with Crippen molar-refractivity contribution in [2.24, 2.45) is 11.8 Å². The first-order chi connectivity index (χ1) is 13.5. The number of hydrogen-bond acceptors (Lipinski definition) is 6. The van der Waals surface area contributed by atoms with Crippen LogP contribution in [0.3, 0.4) is 0 Å². The second kappa shape index (κ2) is 14.2. The van der Waals surface area contributed by atoms with Gasteiger partial charge in [-0.15, -0.1) is 0 Å². The van der Waals surface area contributed by atoms with Crippen LogP contribution in [0.5, 0.6) is 0 Å². The lowest BCUT2D eigenvalue weighted by Crippen LogP contribution is -2.41. The number of nitrogens with one attached hydrogen (secondary N) is 2. The summed E-state index contributed by atoms with van der Waals surface area (Å²) < 4.78 is 10.1. The molecule has 0 aliphatic heterocycles. The van der Waals surface area contributed by atoms with Crippen molar-refractivity contribution in [1.82, 2.24) is 10.6 Å². The summed E-state index contributed by atoms with van der Waals surface area (Å²) >= 11 is 0. The van der Waals surface area contributed by atoms with Crippen LogP contribution in [0, 0.1) is 11.8 Å². The van der Waals surface area contributed by atoms with Gasteiger partial charge >= 0.3 is 12.2 Å². The van der Waals surface area contributed by atoms with Crippen molar-refractivity contribution in [1.29, 1.82) is 0 Å². The average molecular weight is 433 g/mol. The van der Waals surface area contributed by atoms with E-state index in [0.29, 0.717) is 18.3 Å². The van der Waals surface area contributed by atoms with E-state index in [2.05, 4.69) is 10.6 Å². The first-order valence-corrected chi connectivity index (χ1v) is 10.5. The molecule has 30 heavy (non-hydrogen) atoms. The quantitative estimate of drug-likeness (QED) is 0.499. The van der Waals surface area contributed by atoms with E-state index in [1.165, 1.54) is 0 Å². The summed E-state index contributed by atoms with van der Waals surface area (Å²) in [6.45, 7) is 18.8. The van der Waals surface area contributed by atoms with Gasteiger partial charge in [0.1, 0.15) is 17.5 Å². The molecule has 0 aromatic heterocycles. The monoisotopic (exact) mass is 432 g/mol. The predicted molar refractivity (Wildman–Crippen MR) is 118 cm³/mol. The van der Waals surface area contributed by atoms with Crippen molar-refractivity contribution < 1.29 is 29.0 Å². The highest BCUT2D eigenvalue weighted by atomic mass is 16.6. The highest BCUT2D eigenvalue weighted by molar-refractivity contribution is 5.73. The third kappa shape index (κ3) is 20.9. The zero-order valence-electron chi connectivity index (χ0n) is 20.5. The highest BCUT2D eigenvalue weighted by Gasteiger charge is 2.20. The number of hydrogen-bond donors (Lipinski definition) is 3. The van der Waals surface area contributed by atoms with E-state index in [4.69, 9.17) is 14.6 Å². The maximum absolute atomic E-state index is 11.4. The van der Waals surface area contributed by atoms with Crippen LogP contribution in [-0.4, -0.2) is 53.5 Å². The fourth-order valence-corrected chi connectivity index (χ4v) is 2.34. The Labute approximate surface area is 182 Å². The van der Waals surface area contributed by atoms with Crippen LogP contribution in [-0.2, 0) is 14.3 Å². The van der Waals surface area contributed by atoms with Gasteiger partial charge in [-0.1, -0.05) is 27.7 Å². The summed E-state index contributed by atoms with van der Waals surface area (Å²) in [6.07, 6.45) is 1.10. The molecule has 0 spiro atoms. The molecule has 8 heteroatoms. The Hall–Kier alpha value is -1.83. The van der Waals surface area contributed by atoms with Crippen molar-refractivity contribution in [3.63, 3.8) is 0 Å². The van der Waals surface area contributed by atoms with E-state index in [9.17, 15) is 14.4 Å². The zero-order chi connectivity index (χ0) is 24.1. The van der Waals surface area contributed by atoms with Crippen molar-refractivity contribution in [2.75, 3.05) is 6.61 Å². The Morgan fingerprint density at radius 3 is 1.53 bits per heavy atom. The third-order valence-corrected chi connectivity index (χ3v) is 3.29. The summed E-state index contributed by atoms with van der Waals surface area (Å²) in [5.41, 5.74) is -1.03. The first-order valence-electron chi connectivity index (χ1n) is 10.5. The lowest BCUT2D eigenvalue weighted by Gasteiger charge is -2.23. The molecule has 2 amide bonds. The smallest absolute Gasteiger partial charge is 0.408 e. The zero-order valence-corrected chi connectivity index (χ0v) is 20.5. The molecule has 2 unspecified atom stereocenters. The molecule has 0 aromatic rings. The van der Waals surface area contributed by atoms with Gasteiger partial charge in [-0.05, 0) is 66.2 Å². The van der Waals surface area contributed by atoms with Gasteiger partial charge in [-0.2, -0.15) is 0 Å². The molecule has 2 atom stereocenters. The van der Waals surface area contributed by atoms with Crippen LogP contribution in [0.1, 0.15) is 82.1 Å². The van der Waals surface area contributed by atoms with E-state index in [1.807, 2.05) is 48.5 Å². The van der Waals surface area contributed by atoms with E-state index >= 15 is 0 Å². The van der Waals surface area contributed by atoms with E-state index in [0.717, 1.165) is 12.7 Å². The van der Waals surface area contributed by atoms with E-state index < -0.39 is 29.4 Å². The summed E-state index contributed by atoms with van der Waals surface area (Å²) in [6, 6.07) is -0.681. The maximum atomic E-state index is 11.4. The summed E-state index contributed by atoms with van der Waals surface area (Å²) in [5, 5.41) is 14.2. The number of alkyl carbamates (subject to hydrolysis) is 2. The summed E-state index contributed by atoms with van der Waals surface area (Å²) in [5.74, 6) is 0.784. The molecule has 0 aliphatic carbocycles. The topological polar surface area (TPSA) is 114 Å². The molecule has 0 aromatic carbocycles. The number of carbonyl (C=O) groups is 3. The number of carbonyl (C=O) groups excluding carboxylic acids is 3. The lowest BCUT2D eigenvalue weighted by molar-refractivity contribution is -0.110. The maximum Gasteiger partial charge on any atom is 0.408 e. The highest BCUT2D eigenvalue weighted by Crippen LogP contribution is 2.09. The Morgan fingerprint density at radius 1 is 0.833 bits per heavy atom. The number of aliphatic hydroxyl groups excluding tert-OH is 1. The van der Waals surface area contributed by atoms with E-state index in [1.54, 1.807) is 20.8 Å². The average Bonchev–Trinajstić information content (AvgIpc) is 2.49. The van der Waals surface area contributed by atoms with E-state index in [-0.39, 0.29) is 12.6 Å². The van der Waals surface area contributed by atoms with Gasteiger partial charge in [0.05, 0.1) is 18.7 Å². The molecule has 3 N–H and O–H groups in total. The van der Waals surface area contributed by atoms with Crippen LogP contribution in [0.15, 0.2) is 0 Å². The minimum atomic E-state index is -0.541. The number of aliphatic hydroxyl groups is 1. The Bertz CT molecular complexity index is 507. The van der Waals surface area contributed by atoms with Crippen molar-refractivity contribution in [3.8, 4) is 0 Å². The van der Waals surface area contributed by atoms with Crippen molar-refractivity contribution in [3.05, 3.63) is 0 Å². The number of rotatable bonds is 8. The molecule has 0 rings (SSSR count). The fraction of sp³-hybridized carbons (Fsp3) is 0.864. The normalized spacial score (nSPS) is 13.6. The minimum absolute atomic E-state index is 0.0581. The van der Waals surface area contributed by atoms with Crippen LogP contribution in [0.2, 0.25) is 0 Å². The van der Waals surface area contributed by atoms with Gasteiger partial charge in [0, 0.05) is 0 Å². The third-order valence-electron chi connectivity index (χ3n) is 3.29. The predicted octanol–water partition coefficient (Wildman–Crippen LogP) is 4.04. The fourth-order valence-electron chi connectivity index (χ4n) is 2.34. The molecule has 0 heterocycles. The Kier molecular flexibility index (Phi) is 14.4. The molecule has 0 bridgehead atoms. The van der Waals surface area contributed by atoms with Gasteiger partial charge in [0.15, 0.2) is 0 Å². The van der Waals surface area contributed by atoms with Crippen molar-refractivity contribution in [2.45, 2.75) is 105 Å². The molecular weight excluding hydrogens is 388 g/mol. The number of aldehydes is 1. The Morgan fingerprint density at radius 2 is 1.23 bits per heavy atom. The van der Waals surface area contributed by atoms with Gasteiger partial charge in [-0.3, -0.25) is 0 Å². The molecule has 8 nitrogen and oxygen atoms in total. The largest absolute Gasteiger partial charge is 0.444 e. The van der Waals surface area contributed by atoms with Crippen molar-refractivity contribution >= 4 is 18.5 Å². The lowest BCUT2D eigenvalue weighted by atomic mass is 10.0. The molecule has 0 fully saturated rings. The molecule has 0 radical (unpaired) electrons. The van der Waals surface area contributed by atoms with Crippen LogP contribution >= 0.6 is 0 Å². The molecular formula is C22H44N2O6. The second-order valence-corrected chi connectivity index (χ2v) is 10.2. The molecule has 178 valence electrons. The SMILES string of the molecule is CC(C)CC(C=O)NC(=O)OC(C)(C)C.CC(C)CC(CO)NC(=O)OC(C)(C)C. The van der Waals surface area contributed by atoms with Gasteiger partial charge in [0.2, 0.25) is 0 Å². The summed E-state index contributed by atoms with van der Waals surface area (Å²) in [4.78, 5) is 33.4. The number of amides is 2. The second-order valence-electron chi connectivity index (χ2n) is 10.2. The van der Waals surface area contributed by atoms with Crippen LogP contribution in [0.25, 0.3) is 0 Å². The molecule has 0 saturated carbocycles. The Balaban J connectivity index is 0. The number of ether oxygens (including phenoxy) is 2. The summed E-state index contributed by atoms with van der Waals surface area (Å²) in [7, 11) is 0. The van der Waals surface area contributed by atoms with Gasteiger partial charge in [-0.25, -0.2) is 9.59 Å². The first kappa shape index (κ1) is 30.4. The van der Waals surface area contributed by atoms with Gasteiger partial charge in [0.25, 0.3) is 0 Å². The molecule has 0 aliphatic rings. The van der Waals surface area contributed by atoms with Crippen LogP contribution in [0.4, 0.5) is 9.59 Å². The van der Waals surface area contributed by atoms with Gasteiger partial charge < -0.3 is 30.0 Å².